The van der Waals surface area contributed by atoms with E-state index in [-0.39, 0.29) is 24.3 Å². The second kappa shape index (κ2) is 11.5. The average Bonchev–Trinajstić information content (AvgIpc) is 3.57. The molecule has 0 saturated carbocycles. The maximum Gasteiger partial charge on any atom is 0.417 e. The predicted molar refractivity (Wildman–Crippen MR) is 142 cm³/mol. The number of rotatable bonds is 6. The van der Waals surface area contributed by atoms with E-state index in [4.69, 9.17) is 49.4 Å². The molecule has 2 aromatic heterocycles. The number of ether oxygens (including phenoxy) is 1. The van der Waals surface area contributed by atoms with Gasteiger partial charge in [-0.05, 0) is 31.0 Å². The quantitative estimate of drug-likeness (QED) is 0.293. The first-order chi connectivity index (χ1) is 18.6. The number of carbonyl (C=O) groups excluding carboxylic acids is 1. The highest BCUT2D eigenvalue weighted by molar-refractivity contribution is 7.10. The van der Waals surface area contributed by atoms with Crippen LogP contribution in [0.15, 0.2) is 41.0 Å². The molecule has 0 aliphatic carbocycles. The van der Waals surface area contributed by atoms with Gasteiger partial charge in [-0.3, -0.25) is 4.79 Å². The van der Waals surface area contributed by atoms with Crippen molar-refractivity contribution in [3.63, 3.8) is 0 Å². The molecule has 3 aromatic rings. The highest BCUT2D eigenvalue weighted by Crippen LogP contribution is 2.40. The van der Waals surface area contributed by atoms with Crippen molar-refractivity contribution in [1.82, 2.24) is 14.9 Å². The first kappa shape index (κ1) is 27.9. The van der Waals surface area contributed by atoms with Crippen molar-refractivity contribution < 1.29 is 27.5 Å². The molecule has 1 aromatic carbocycles. The van der Waals surface area contributed by atoms with Gasteiger partial charge in [-0.15, -0.1) is 11.3 Å². The SMILES string of the molecule is O=C(COc1ccc(C(F)(F)F)cn1)N1CCC(c2nc(C3=NOC(c4c(Cl)cc(Cl)cc4Cl)C3)cs2)CC1. The zero-order chi connectivity index (χ0) is 27.7. The normalized spacial score (nSPS) is 18.2. The number of alkyl halides is 3. The summed E-state index contributed by atoms with van der Waals surface area (Å²) in [4.78, 5) is 28.2. The van der Waals surface area contributed by atoms with Gasteiger partial charge in [0.25, 0.3) is 5.91 Å². The predicted octanol–water partition coefficient (Wildman–Crippen LogP) is 7.17. The number of likely N-dealkylation sites (tertiary alicyclic amines) is 1. The van der Waals surface area contributed by atoms with Gasteiger partial charge in [0.1, 0.15) is 5.71 Å². The van der Waals surface area contributed by atoms with Crippen molar-refractivity contribution >= 4 is 57.8 Å². The highest BCUT2D eigenvalue weighted by Gasteiger charge is 2.32. The summed E-state index contributed by atoms with van der Waals surface area (Å²) in [6, 6.07) is 5.19. The van der Waals surface area contributed by atoms with E-state index in [0.717, 1.165) is 35.7 Å². The Labute approximate surface area is 240 Å². The van der Waals surface area contributed by atoms with Gasteiger partial charge in [-0.1, -0.05) is 40.0 Å². The van der Waals surface area contributed by atoms with Gasteiger partial charge in [0.05, 0.1) is 26.3 Å². The van der Waals surface area contributed by atoms with Gasteiger partial charge in [0, 0.05) is 53.7 Å². The van der Waals surface area contributed by atoms with E-state index >= 15 is 0 Å². The minimum absolute atomic E-state index is 0.0387. The molecule has 1 fully saturated rings. The summed E-state index contributed by atoms with van der Waals surface area (Å²) in [5.74, 6) is -0.106. The molecule has 0 N–H and O–H groups in total. The number of thiazole rings is 1. The second-order valence-corrected chi connectivity index (χ2v) is 11.2. The molecule has 0 bridgehead atoms. The van der Waals surface area contributed by atoms with Crippen LogP contribution in [0.3, 0.4) is 0 Å². The summed E-state index contributed by atoms with van der Waals surface area (Å²) in [7, 11) is 0. The summed E-state index contributed by atoms with van der Waals surface area (Å²) in [5, 5.41) is 8.36. The van der Waals surface area contributed by atoms with Crippen molar-refractivity contribution in [2.24, 2.45) is 5.16 Å². The fourth-order valence-corrected chi connectivity index (χ4v) is 6.45. The van der Waals surface area contributed by atoms with Crippen LogP contribution in [0.25, 0.3) is 0 Å². The Balaban J connectivity index is 1.12. The topological polar surface area (TPSA) is 76.9 Å². The summed E-state index contributed by atoms with van der Waals surface area (Å²) < 4.78 is 43.3. The monoisotopic (exact) mass is 618 g/mol. The van der Waals surface area contributed by atoms with Crippen molar-refractivity contribution in [3.8, 4) is 5.88 Å². The van der Waals surface area contributed by atoms with E-state index < -0.39 is 17.8 Å². The zero-order valence-corrected chi connectivity index (χ0v) is 23.1. The third-order valence-corrected chi connectivity index (χ3v) is 8.31. The van der Waals surface area contributed by atoms with Gasteiger partial charge < -0.3 is 14.5 Å². The zero-order valence-electron chi connectivity index (χ0n) is 20.1. The number of oxime groups is 1. The van der Waals surface area contributed by atoms with E-state index in [1.165, 1.54) is 11.3 Å². The number of pyridine rings is 1. The molecular formula is C25H20Cl3F3N4O3S. The fourth-order valence-electron chi connectivity index (χ4n) is 4.39. The summed E-state index contributed by atoms with van der Waals surface area (Å²) in [5.41, 5.74) is 1.18. The molecule has 1 amide bonds. The van der Waals surface area contributed by atoms with Crippen LogP contribution < -0.4 is 4.74 Å². The first-order valence-corrected chi connectivity index (χ1v) is 13.9. The Bertz CT molecular complexity index is 1370. The second-order valence-electron chi connectivity index (χ2n) is 9.02. The molecule has 1 saturated heterocycles. The summed E-state index contributed by atoms with van der Waals surface area (Å²) >= 11 is 20.2. The number of halogens is 6. The molecule has 7 nitrogen and oxygen atoms in total. The molecule has 5 rings (SSSR count). The molecule has 0 radical (unpaired) electrons. The molecular weight excluding hydrogens is 600 g/mol. The van der Waals surface area contributed by atoms with Gasteiger partial charge in [0.2, 0.25) is 5.88 Å². The maximum absolute atomic E-state index is 12.7. The largest absolute Gasteiger partial charge is 0.468 e. The van der Waals surface area contributed by atoms with E-state index in [2.05, 4.69) is 10.1 Å². The number of hydrogen-bond acceptors (Lipinski definition) is 7. The van der Waals surface area contributed by atoms with Gasteiger partial charge >= 0.3 is 6.18 Å². The Hall–Kier alpha value is -2.60. The minimum atomic E-state index is -4.48. The summed E-state index contributed by atoms with van der Waals surface area (Å²) in [6.07, 6.45) is -2.33. The van der Waals surface area contributed by atoms with Crippen molar-refractivity contribution in [1.29, 1.82) is 0 Å². The molecule has 2 aliphatic heterocycles. The average molecular weight is 620 g/mol. The van der Waals surface area contributed by atoms with Crippen LogP contribution >= 0.6 is 46.1 Å². The Morgan fingerprint density at radius 3 is 2.51 bits per heavy atom. The van der Waals surface area contributed by atoms with Crippen LogP contribution in [-0.4, -0.2) is 46.2 Å². The van der Waals surface area contributed by atoms with Crippen LogP contribution in [0.2, 0.25) is 15.1 Å². The standard InChI is InChI=1S/C25H20Cl3F3N4O3S/c26-15-7-16(27)23(17(28)8-15)20-9-18(34-38-20)19-12-39-24(33-19)13-3-5-35(6-4-13)22(36)11-37-21-2-1-14(10-32-21)25(29,30)31/h1-2,7-8,10,12-13,20H,3-6,9,11H2. The Morgan fingerprint density at radius 1 is 1.15 bits per heavy atom. The van der Waals surface area contributed by atoms with Crippen LogP contribution in [-0.2, 0) is 15.8 Å². The molecule has 39 heavy (non-hydrogen) atoms. The lowest BCUT2D eigenvalue weighted by Crippen LogP contribution is -2.40. The number of carbonyl (C=O) groups is 1. The molecule has 2 aliphatic rings. The number of piperidine rings is 1. The van der Waals surface area contributed by atoms with Crippen LogP contribution in [0.5, 0.6) is 5.88 Å². The Kier molecular flexibility index (Phi) is 8.23. The molecule has 1 unspecified atom stereocenters. The lowest BCUT2D eigenvalue weighted by molar-refractivity contribution is -0.138. The maximum atomic E-state index is 12.7. The number of aromatic nitrogens is 2. The van der Waals surface area contributed by atoms with E-state index in [9.17, 15) is 18.0 Å². The van der Waals surface area contributed by atoms with Crippen molar-refractivity contribution in [2.75, 3.05) is 19.7 Å². The van der Waals surface area contributed by atoms with E-state index in [0.29, 0.717) is 52.1 Å². The number of hydrogen-bond donors (Lipinski definition) is 0. The van der Waals surface area contributed by atoms with Gasteiger partial charge in [0.15, 0.2) is 12.7 Å². The van der Waals surface area contributed by atoms with E-state index in [1.54, 1.807) is 17.0 Å². The first-order valence-electron chi connectivity index (χ1n) is 11.8. The lowest BCUT2D eigenvalue weighted by atomic mass is 9.97. The fraction of sp³-hybridized carbons (Fsp3) is 0.360. The molecule has 0 spiro atoms. The minimum Gasteiger partial charge on any atom is -0.468 e. The van der Waals surface area contributed by atoms with Gasteiger partial charge in [-0.2, -0.15) is 13.2 Å². The molecule has 14 heteroatoms. The molecule has 4 heterocycles. The van der Waals surface area contributed by atoms with Gasteiger partial charge in [-0.25, -0.2) is 9.97 Å². The van der Waals surface area contributed by atoms with Crippen LogP contribution in [0.1, 0.15) is 53.1 Å². The number of nitrogens with zero attached hydrogens (tertiary/aromatic N) is 4. The van der Waals surface area contributed by atoms with Crippen molar-refractivity contribution in [3.05, 3.63) is 72.7 Å². The number of amides is 1. The summed E-state index contributed by atoms with van der Waals surface area (Å²) in [6.45, 7) is 0.733. The van der Waals surface area contributed by atoms with Crippen LogP contribution in [0, 0.1) is 0 Å². The molecule has 206 valence electrons. The number of benzene rings is 1. The third kappa shape index (κ3) is 6.42. The van der Waals surface area contributed by atoms with Crippen LogP contribution in [0.4, 0.5) is 13.2 Å². The molecule has 1 atom stereocenters. The smallest absolute Gasteiger partial charge is 0.417 e. The lowest BCUT2D eigenvalue weighted by Gasteiger charge is -2.31. The van der Waals surface area contributed by atoms with E-state index in [1.807, 2.05) is 5.38 Å². The third-order valence-electron chi connectivity index (χ3n) is 6.46. The highest BCUT2D eigenvalue weighted by atomic mass is 35.5. The van der Waals surface area contributed by atoms with Crippen molar-refractivity contribution in [2.45, 2.75) is 37.5 Å². The Morgan fingerprint density at radius 2 is 1.87 bits per heavy atom.